The van der Waals surface area contributed by atoms with Gasteiger partial charge in [0.05, 0.1) is 0 Å². The maximum atomic E-state index is 3.51. The van der Waals surface area contributed by atoms with E-state index in [0.29, 0.717) is 6.04 Å². The van der Waals surface area contributed by atoms with Crippen molar-refractivity contribution in [1.29, 1.82) is 0 Å². The molecule has 1 heterocycles. The zero-order valence-electron chi connectivity index (χ0n) is 10.9. The number of piperazine rings is 1. The van der Waals surface area contributed by atoms with Crippen LogP contribution in [0, 0.1) is 0 Å². The van der Waals surface area contributed by atoms with Crippen LogP contribution in [0.2, 0.25) is 0 Å². The fourth-order valence-corrected chi connectivity index (χ4v) is 3.43. The highest BCUT2D eigenvalue weighted by molar-refractivity contribution is 5.34. The normalized spacial score (nSPS) is 28.0. The van der Waals surface area contributed by atoms with Gasteiger partial charge >= 0.3 is 0 Å². The molecule has 1 N–H and O–H groups in total. The third-order valence-corrected chi connectivity index (χ3v) is 4.34. The van der Waals surface area contributed by atoms with Crippen molar-refractivity contribution in [3.63, 3.8) is 0 Å². The average Bonchev–Trinajstić information content (AvgIpc) is 2.72. The Morgan fingerprint density at radius 1 is 1.29 bits per heavy atom. The fraction of sp³-hybridized carbons (Fsp3) is 0.600. The standard InChI is InChI=1S/C15H22N2/c1-15(2)11-16-9-10-17(15)14-8-7-12-5-3-4-6-13(12)14/h3-6,14,16H,7-11H2,1-2H3. The van der Waals surface area contributed by atoms with Gasteiger partial charge in [-0.3, -0.25) is 4.90 Å². The van der Waals surface area contributed by atoms with Gasteiger partial charge in [-0.05, 0) is 37.8 Å². The van der Waals surface area contributed by atoms with E-state index in [0.717, 1.165) is 13.1 Å². The van der Waals surface area contributed by atoms with Gasteiger partial charge in [-0.1, -0.05) is 24.3 Å². The van der Waals surface area contributed by atoms with E-state index in [1.165, 1.54) is 19.4 Å². The van der Waals surface area contributed by atoms with Crippen LogP contribution in [-0.2, 0) is 6.42 Å². The molecule has 1 saturated heterocycles. The minimum atomic E-state index is 0.278. The predicted octanol–water partition coefficient (Wildman–Crippen LogP) is 2.36. The molecule has 2 aliphatic rings. The van der Waals surface area contributed by atoms with Crippen molar-refractivity contribution in [2.75, 3.05) is 19.6 Å². The number of rotatable bonds is 1. The highest BCUT2D eigenvalue weighted by Gasteiger charge is 2.37. The molecule has 17 heavy (non-hydrogen) atoms. The van der Waals surface area contributed by atoms with Crippen molar-refractivity contribution >= 4 is 0 Å². The molecule has 1 aliphatic carbocycles. The van der Waals surface area contributed by atoms with Gasteiger partial charge in [-0.2, -0.15) is 0 Å². The lowest BCUT2D eigenvalue weighted by Gasteiger charge is -2.46. The summed E-state index contributed by atoms with van der Waals surface area (Å²) in [4.78, 5) is 2.70. The van der Waals surface area contributed by atoms with Crippen LogP contribution in [0.25, 0.3) is 0 Å². The molecule has 1 fully saturated rings. The van der Waals surface area contributed by atoms with Crippen molar-refractivity contribution in [1.82, 2.24) is 10.2 Å². The maximum absolute atomic E-state index is 3.51. The van der Waals surface area contributed by atoms with Crippen LogP contribution in [0.4, 0.5) is 0 Å². The van der Waals surface area contributed by atoms with Crippen LogP contribution >= 0.6 is 0 Å². The van der Waals surface area contributed by atoms with Gasteiger partial charge in [0.25, 0.3) is 0 Å². The Hall–Kier alpha value is -0.860. The van der Waals surface area contributed by atoms with Gasteiger partial charge in [0.2, 0.25) is 0 Å². The molecule has 1 atom stereocenters. The fourth-order valence-electron chi connectivity index (χ4n) is 3.43. The molecule has 2 heteroatoms. The minimum absolute atomic E-state index is 0.278. The van der Waals surface area contributed by atoms with E-state index >= 15 is 0 Å². The second kappa shape index (κ2) is 4.11. The van der Waals surface area contributed by atoms with Crippen molar-refractivity contribution < 1.29 is 0 Å². The number of hydrogen-bond donors (Lipinski definition) is 1. The van der Waals surface area contributed by atoms with Crippen molar-refractivity contribution in [2.24, 2.45) is 0 Å². The van der Waals surface area contributed by atoms with E-state index in [9.17, 15) is 0 Å². The van der Waals surface area contributed by atoms with Crippen molar-refractivity contribution in [3.8, 4) is 0 Å². The van der Waals surface area contributed by atoms with Gasteiger partial charge in [-0.25, -0.2) is 0 Å². The molecule has 1 aromatic rings. The zero-order valence-corrected chi connectivity index (χ0v) is 10.9. The SMILES string of the molecule is CC1(C)CNCCN1C1CCc2ccccc21. The third-order valence-electron chi connectivity index (χ3n) is 4.34. The Morgan fingerprint density at radius 2 is 2.12 bits per heavy atom. The molecular formula is C15H22N2. The molecular weight excluding hydrogens is 208 g/mol. The van der Waals surface area contributed by atoms with Gasteiger partial charge in [0, 0.05) is 31.2 Å². The van der Waals surface area contributed by atoms with Crippen LogP contribution in [0.1, 0.15) is 37.4 Å². The quantitative estimate of drug-likeness (QED) is 0.796. The maximum Gasteiger partial charge on any atom is 0.0360 e. The molecule has 2 nitrogen and oxygen atoms in total. The highest BCUT2D eigenvalue weighted by Crippen LogP contribution is 2.39. The summed E-state index contributed by atoms with van der Waals surface area (Å²) in [6, 6.07) is 9.62. The Kier molecular flexibility index (Phi) is 2.72. The molecule has 0 radical (unpaired) electrons. The first-order valence-corrected chi connectivity index (χ1v) is 6.74. The second-order valence-corrected chi connectivity index (χ2v) is 5.94. The van der Waals surface area contributed by atoms with Crippen LogP contribution in [0.15, 0.2) is 24.3 Å². The van der Waals surface area contributed by atoms with Crippen molar-refractivity contribution in [3.05, 3.63) is 35.4 Å². The molecule has 1 aromatic carbocycles. The monoisotopic (exact) mass is 230 g/mol. The van der Waals surface area contributed by atoms with Gasteiger partial charge in [-0.15, -0.1) is 0 Å². The van der Waals surface area contributed by atoms with E-state index in [-0.39, 0.29) is 5.54 Å². The summed E-state index contributed by atoms with van der Waals surface area (Å²) in [5.74, 6) is 0. The van der Waals surface area contributed by atoms with E-state index in [1.807, 2.05) is 0 Å². The number of hydrogen-bond acceptors (Lipinski definition) is 2. The summed E-state index contributed by atoms with van der Waals surface area (Å²) in [6.07, 6.45) is 2.55. The van der Waals surface area contributed by atoms with E-state index < -0.39 is 0 Å². The Labute approximate surface area is 104 Å². The zero-order chi connectivity index (χ0) is 11.9. The summed E-state index contributed by atoms with van der Waals surface area (Å²) in [7, 11) is 0. The molecule has 92 valence electrons. The Balaban J connectivity index is 1.91. The number of fused-ring (bicyclic) bond motifs is 1. The van der Waals surface area contributed by atoms with Crippen LogP contribution < -0.4 is 5.32 Å². The molecule has 1 unspecified atom stereocenters. The topological polar surface area (TPSA) is 15.3 Å². The minimum Gasteiger partial charge on any atom is -0.314 e. The predicted molar refractivity (Wildman–Crippen MR) is 71.2 cm³/mol. The molecule has 0 aromatic heterocycles. The van der Waals surface area contributed by atoms with Crippen LogP contribution in [0.5, 0.6) is 0 Å². The lowest BCUT2D eigenvalue weighted by molar-refractivity contribution is 0.0446. The Bertz CT molecular complexity index is 411. The molecule has 1 aliphatic heterocycles. The lowest BCUT2D eigenvalue weighted by Crippen LogP contribution is -2.58. The van der Waals surface area contributed by atoms with Gasteiger partial charge < -0.3 is 5.32 Å². The van der Waals surface area contributed by atoms with Crippen LogP contribution in [-0.4, -0.2) is 30.1 Å². The summed E-state index contributed by atoms with van der Waals surface area (Å²) < 4.78 is 0. The number of aryl methyl sites for hydroxylation is 1. The largest absolute Gasteiger partial charge is 0.314 e. The van der Waals surface area contributed by atoms with Gasteiger partial charge in [0.1, 0.15) is 0 Å². The van der Waals surface area contributed by atoms with Crippen LogP contribution in [0.3, 0.4) is 0 Å². The summed E-state index contributed by atoms with van der Waals surface area (Å²) in [5.41, 5.74) is 3.41. The first kappa shape index (κ1) is 11.2. The number of nitrogens with zero attached hydrogens (tertiary/aromatic N) is 1. The Morgan fingerprint density at radius 3 is 2.94 bits per heavy atom. The van der Waals surface area contributed by atoms with Gasteiger partial charge in [0.15, 0.2) is 0 Å². The second-order valence-electron chi connectivity index (χ2n) is 5.94. The molecule has 0 saturated carbocycles. The summed E-state index contributed by atoms with van der Waals surface area (Å²) >= 11 is 0. The number of benzene rings is 1. The van der Waals surface area contributed by atoms with Crippen molar-refractivity contribution in [2.45, 2.75) is 38.3 Å². The first-order valence-electron chi connectivity index (χ1n) is 6.74. The molecule has 3 rings (SSSR count). The third kappa shape index (κ3) is 1.90. The highest BCUT2D eigenvalue weighted by atomic mass is 15.3. The summed E-state index contributed by atoms with van der Waals surface area (Å²) in [6.45, 7) is 8.12. The number of nitrogens with one attached hydrogen (secondary N) is 1. The smallest absolute Gasteiger partial charge is 0.0360 e. The summed E-state index contributed by atoms with van der Waals surface area (Å²) in [5, 5.41) is 3.51. The first-order chi connectivity index (χ1) is 8.18. The van der Waals surface area contributed by atoms with E-state index in [1.54, 1.807) is 11.1 Å². The average molecular weight is 230 g/mol. The molecule has 0 amide bonds. The van der Waals surface area contributed by atoms with E-state index in [4.69, 9.17) is 0 Å². The molecule has 0 spiro atoms. The lowest BCUT2D eigenvalue weighted by atomic mass is 9.95. The van der Waals surface area contributed by atoms with E-state index in [2.05, 4.69) is 48.3 Å². The molecule has 0 bridgehead atoms.